The second-order valence-electron chi connectivity index (χ2n) is 7.24. The summed E-state index contributed by atoms with van der Waals surface area (Å²) in [6.45, 7) is 0.103. The number of benzene rings is 3. The molecule has 5 heteroatoms. The Balaban J connectivity index is 1.50. The van der Waals surface area contributed by atoms with Gasteiger partial charge in [0.2, 0.25) is 0 Å². The summed E-state index contributed by atoms with van der Waals surface area (Å²) < 4.78 is 1.73. The third-order valence-corrected chi connectivity index (χ3v) is 5.09. The molecular formula is C25H23N3O2. The number of carbonyl (C=O) groups is 1. The van der Waals surface area contributed by atoms with Crippen LogP contribution in [-0.2, 0) is 12.0 Å². The van der Waals surface area contributed by atoms with Crippen molar-refractivity contribution in [2.75, 3.05) is 6.54 Å². The van der Waals surface area contributed by atoms with E-state index in [1.54, 1.807) is 23.0 Å². The molecule has 2 N–H and O–H groups in total. The maximum absolute atomic E-state index is 12.7. The molecule has 0 radical (unpaired) electrons. The number of aromatic nitrogens is 2. The van der Waals surface area contributed by atoms with E-state index in [0.29, 0.717) is 12.0 Å². The van der Waals surface area contributed by atoms with Crippen molar-refractivity contribution < 1.29 is 9.90 Å². The molecule has 0 aliphatic carbocycles. The molecule has 3 aromatic carbocycles. The molecule has 4 rings (SSSR count). The highest BCUT2D eigenvalue weighted by Gasteiger charge is 2.30. The lowest BCUT2D eigenvalue weighted by Gasteiger charge is -2.29. The lowest BCUT2D eigenvalue weighted by atomic mass is 9.87. The van der Waals surface area contributed by atoms with E-state index >= 15 is 0 Å². The van der Waals surface area contributed by atoms with Gasteiger partial charge in [-0.2, -0.15) is 5.10 Å². The summed E-state index contributed by atoms with van der Waals surface area (Å²) in [5.41, 5.74) is 1.96. The first-order valence-corrected chi connectivity index (χ1v) is 9.84. The van der Waals surface area contributed by atoms with Gasteiger partial charge in [0.1, 0.15) is 5.60 Å². The predicted octanol–water partition coefficient (Wildman–Crippen LogP) is 3.73. The summed E-state index contributed by atoms with van der Waals surface area (Å²) in [5, 5.41) is 18.6. The van der Waals surface area contributed by atoms with Crippen molar-refractivity contribution in [1.29, 1.82) is 0 Å². The molecule has 30 heavy (non-hydrogen) atoms. The molecule has 1 atom stereocenters. The molecule has 0 aliphatic heterocycles. The van der Waals surface area contributed by atoms with Gasteiger partial charge in [-0.05, 0) is 41.5 Å². The van der Waals surface area contributed by atoms with Crippen molar-refractivity contribution in [3.05, 3.63) is 120 Å². The van der Waals surface area contributed by atoms with Gasteiger partial charge in [-0.1, -0.05) is 60.7 Å². The van der Waals surface area contributed by atoms with Crippen molar-refractivity contribution in [3.63, 3.8) is 0 Å². The van der Waals surface area contributed by atoms with E-state index in [9.17, 15) is 9.90 Å². The first kappa shape index (κ1) is 19.6. The molecule has 0 saturated heterocycles. The number of nitrogens with zero attached hydrogens (tertiary/aromatic N) is 2. The molecule has 1 heterocycles. The molecule has 1 amide bonds. The molecule has 0 spiro atoms. The Labute approximate surface area is 175 Å². The van der Waals surface area contributed by atoms with E-state index in [-0.39, 0.29) is 12.5 Å². The van der Waals surface area contributed by atoms with E-state index in [2.05, 4.69) is 10.4 Å². The Morgan fingerprint density at radius 3 is 2.20 bits per heavy atom. The van der Waals surface area contributed by atoms with Crippen LogP contribution in [0.5, 0.6) is 0 Å². The largest absolute Gasteiger partial charge is 0.383 e. The quantitative estimate of drug-likeness (QED) is 0.499. The van der Waals surface area contributed by atoms with E-state index in [4.69, 9.17) is 0 Å². The highest BCUT2D eigenvalue weighted by atomic mass is 16.3. The second kappa shape index (κ2) is 8.76. The zero-order valence-corrected chi connectivity index (χ0v) is 16.5. The number of aliphatic hydroxyl groups is 1. The van der Waals surface area contributed by atoms with Gasteiger partial charge < -0.3 is 10.4 Å². The van der Waals surface area contributed by atoms with Gasteiger partial charge in [-0.15, -0.1) is 0 Å². The third-order valence-electron chi connectivity index (χ3n) is 5.09. The van der Waals surface area contributed by atoms with Crippen LogP contribution in [0.2, 0.25) is 0 Å². The number of hydrogen-bond acceptors (Lipinski definition) is 3. The van der Waals surface area contributed by atoms with Gasteiger partial charge in [0.25, 0.3) is 5.91 Å². The minimum Gasteiger partial charge on any atom is -0.383 e. The van der Waals surface area contributed by atoms with Crippen LogP contribution < -0.4 is 5.32 Å². The predicted molar refractivity (Wildman–Crippen MR) is 116 cm³/mol. The van der Waals surface area contributed by atoms with E-state index < -0.39 is 5.60 Å². The van der Waals surface area contributed by atoms with Gasteiger partial charge in [0, 0.05) is 24.4 Å². The smallest absolute Gasteiger partial charge is 0.251 e. The fourth-order valence-electron chi connectivity index (χ4n) is 3.46. The average Bonchev–Trinajstić information content (AvgIpc) is 3.34. The van der Waals surface area contributed by atoms with Crippen LogP contribution in [-0.4, -0.2) is 27.3 Å². The van der Waals surface area contributed by atoms with Crippen LogP contribution in [0, 0.1) is 0 Å². The van der Waals surface area contributed by atoms with E-state index in [1.165, 1.54) is 0 Å². The molecule has 1 aromatic heterocycles. The standard InChI is InChI=1S/C25H23N3O2/c29-24(21-12-14-23(15-13-21)28-17-7-16-27-28)26-19-25(30,22-10-5-2-6-11-22)18-20-8-3-1-4-9-20/h1-17,30H,18-19H2,(H,26,29)/t25-/m1/s1. The summed E-state index contributed by atoms with van der Waals surface area (Å²) in [5.74, 6) is -0.232. The number of rotatable bonds is 7. The number of hydrogen-bond donors (Lipinski definition) is 2. The lowest BCUT2D eigenvalue weighted by molar-refractivity contribution is 0.0353. The molecule has 0 fully saturated rings. The van der Waals surface area contributed by atoms with Crippen molar-refractivity contribution in [2.45, 2.75) is 12.0 Å². The summed E-state index contributed by atoms with van der Waals surface area (Å²) in [6, 6.07) is 28.3. The van der Waals surface area contributed by atoms with Gasteiger partial charge in [-0.3, -0.25) is 4.79 Å². The normalized spacial score (nSPS) is 12.8. The SMILES string of the molecule is O=C(NC[C@](O)(Cc1ccccc1)c1ccccc1)c1ccc(-n2cccn2)cc1. The lowest BCUT2D eigenvalue weighted by Crippen LogP contribution is -2.42. The Bertz CT molecular complexity index is 1080. The molecular weight excluding hydrogens is 374 g/mol. The zero-order chi connectivity index (χ0) is 20.8. The Hall–Kier alpha value is -3.70. The van der Waals surface area contributed by atoms with Gasteiger partial charge in [0.15, 0.2) is 0 Å². The van der Waals surface area contributed by atoms with E-state index in [1.807, 2.05) is 85.1 Å². The maximum Gasteiger partial charge on any atom is 0.251 e. The number of carbonyl (C=O) groups excluding carboxylic acids is 1. The Morgan fingerprint density at radius 2 is 1.57 bits per heavy atom. The Kier molecular flexibility index (Phi) is 5.72. The summed E-state index contributed by atoms with van der Waals surface area (Å²) >= 11 is 0. The molecule has 5 nitrogen and oxygen atoms in total. The van der Waals surface area contributed by atoms with Crippen LogP contribution in [0.4, 0.5) is 0 Å². The van der Waals surface area contributed by atoms with Crippen molar-refractivity contribution in [1.82, 2.24) is 15.1 Å². The van der Waals surface area contributed by atoms with Crippen LogP contribution >= 0.6 is 0 Å². The number of amides is 1. The fraction of sp³-hybridized carbons (Fsp3) is 0.120. The molecule has 0 unspecified atom stereocenters. The summed E-state index contributed by atoms with van der Waals surface area (Å²) in [4.78, 5) is 12.7. The van der Waals surface area contributed by atoms with Crippen LogP contribution in [0.3, 0.4) is 0 Å². The molecule has 0 aliphatic rings. The first-order chi connectivity index (χ1) is 14.6. The highest BCUT2D eigenvalue weighted by molar-refractivity contribution is 5.94. The summed E-state index contributed by atoms with van der Waals surface area (Å²) in [6.07, 6.45) is 3.95. The van der Waals surface area contributed by atoms with Crippen LogP contribution in [0.15, 0.2) is 103 Å². The molecule has 4 aromatic rings. The fourth-order valence-corrected chi connectivity index (χ4v) is 3.46. The van der Waals surface area contributed by atoms with E-state index in [0.717, 1.165) is 16.8 Å². The van der Waals surface area contributed by atoms with Gasteiger partial charge >= 0.3 is 0 Å². The first-order valence-electron chi connectivity index (χ1n) is 9.84. The molecule has 0 bridgehead atoms. The molecule has 0 saturated carbocycles. The van der Waals surface area contributed by atoms with Crippen molar-refractivity contribution in [2.24, 2.45) is 0 Å². The molecule has 150 valence electrons. The average molecular weight is 397 g/mol. The van der Waals surface area contributed by atoms with Crippen molar-refractivity contribution in [3.8, 4) is 5.69 Å². The summed E-state index contributed by atoms with van der Waals surface area (Å²) in [7, 11) is 0. The zero-order valence-electron chi connectivity index (χ0n) is 16.5. The monoisotopic (exact) mass is 397 g/mol. The number of nitrogens with one attached hydrogen (secondary N) is 1. The highest BCUT2D eigenvalue weighted by Crippen LogP contribution is 2.25. The second-order valence-corrected chi connectivity index (χ2v) is 7.24. The third kappa shape index (κ3) is 4.47. The van der Waals surface area contributed by atoms with Crippen LogP contribution in [0.1, 0.15) is 21.5 Å². The topological polar surface area (TPSA) is 67.2 Å². The van der Waals surface area contributed by atoms with Crippen LogP contribution in [0.25, 0.3) is 5.69 Å². The van der Waals surface area contributed by atoms with Gasteiger partial charge in [0.05, 0.1) is 12.2 Å². The maximum atomic E-state index is 12.7. The van der Waals surface area contributed by atoms with Gasteiger partial charge in [-0.25, -0.2) is 4.68 Å². The Morgan fingerprint density at radius 1 is 0.900 bits per heavy atom. The van der Waals surface area contributed by atoms with Crippen molar-refractivity contribution >= 4 is 5.91 Å². The minimum atomic E-state index is -1.22. The minimum absolute atomic E-state index is 0.103.